The lowest BCUT2D eigenvalue weighted by Gasteiger charge is -1.93. The van der Waals surface area contributed by atoms with Gasteiger partial charge in [0.05, 0.1) is 11.6 Å². The summed E-state index contributed by atoms with van der Waals surface area (Å²) in [6, 6.07) is 13.3. The van der Waals surface area contributed by atoms with Gasteiger partial charge in [0.2, 0.25) is 0 Å². The molecule has 2 heterocycles. The summed E-state index contributed by atoms with van der Waals surface area (Å²) >= 11 is 0. The van der Waals surface area contributed by atoms with Gasteiger partial charge in [0.1, 0.15) is 0 Å². The Kier molecular flexibility index (Phi) is 2.31. The zero-order valence-corrected chi connectivity index (χ0v) is 9.83. The molecule has 0 atom stereocenters. The summed E-state index contributed by atoms with van der Waals surface area (Å²) in [4.78, 5) is 4.47. The van der Waals surface area contributed by atoms with Gasteiger partial charge in [-0.2, -0.15) is 5.26 Å². The van der Waals surface area contributed by atoms with Crippen molar-refractivity contribution in [1.29, 1.82) is 5.26 Å². The topological polar surface area (TPSA) is 54.0 Å². The lowest BCUT2D eigenvalue weighted by Crippen LogP contribution is -1.86. The van der Waals surface area contributed by atoms with Gasteiger partial charge in [-0.05, 0) is 48.9 Å². The normalized spacial score (nSPS) is 10.4. The fourth-order valence-corrected chi connectivity index (χ4v) is 1.80. The van der Waals surface area contributed by atoms with Gasteiger partial charge in [-0.1, -0.05) is 0 Å². The Bertz CT molecular complexity index is 748. The fourth-order valence-electron chi connectivity index (χ4n) is 1.80. The van der Waals surface area contributed by atoms with Crippen molar-refractivity contribution in [3.05, 3.63) is 53.7 Å². The molecule has 0 aliphatic carbocycles. The van der Waals surface area contributed by atoms with Crippen molar-refractivity contribution in [2.75, 3.05) is 0 Å². The minimum atomic E-state index is 0.637. The van der Waals surface area contributed by atoms with Crippen molar-refractivity contribution in [2.45, 2.75) is 6.92 Å². The van der Waals surface area contributed by atoms with Crippen molar-refractivity contribution >= 4 is 5.65 Å². The molecule has 0 aliphatic heterocycles. The summed E-state index contributed by atoms with van der Waals surface area (Å²) in [5, 5.41) is 13.2. The van der Waals surface area contributed by atoms with Crippen LogP contribution in [-0.2, 0) is 0 Å². The third-order valence-electron chi connectivity index (χ3n) is 2.77. The second kappa shape index (κ2) is 3.97. The Morgan fingerprint density at radius 3 is 2.67 bits per heavy atom. The zero-order chi connectivity index (χ0) is 12.5. The molecule has 0 radical (unpaired) electrons. The molecule has 0 unspecified atom stereocenters. The van der Waals surface area contributed by atoms with Crippen LogP contribution in [0.4, 0.5) is 0 Å². The first-order valence-electron chi connectivity index (χ1n) is 5.60. The molecule has 0 fully saturated rings. The molecule has 4 nitrogen and oxygen atoms in total. The SMILES string of the molecule is Cc1ccn2nc(-c3ccc(C#N)cc3)nc2c1. The number of hydrogen-bond donors (Lipinski definition) is 0. The average molecular weight is 234 g/mol. The highest BCUT2D eigenvalue weighted by Gasteiger charge is 2.06. The van der Waals surface area contributed by atoms with Crippen molar-refractivity contribution < 1.29 is 0 Å². The van der Waals surface area contributed by atoms with Gasteiger partial charge in [-0.15, -0.1) is 5.10 Å². The summed E-state index contributed by atoms with van der Waals surface area (Å²) in [6.45, 7) is 2.02. The van der Waals surface area contributed by atoms with E-state index in [-0.39, 0.29) is 0 Å². The second-order valence-corrected chi connectivity index (χ2v) is 4.13. The van der Waals surface area contributed by atoms with E-state index in [1.807, 2.05) is 37.4 Å². The van der Waals surface area contributed by atoms with Gasteiger partial charge in [-0.3, -0.25) is 0 Å². The molecular weight excluding hydrogens is 224 g/mol. The highest BCUT2D eigenvalue weighted by molar-refractivity contribution is 5.59. The fraction of sp³-hybridized carbons (Fsp3) is 0.0714. The van der Waals surface area contributed by atoms with E-state index in [0.29, 0.717) is 11.4 Å². The lowest BCUT2D eigenvalue weighted by atomic mass is 10.1. The monoisotopic (exact) mass is 234 g/mol. The number of aromatic nitrogens is 3. The minimum Gasteiger partial charge on any atom is -0.221 e. The van der Waals surface area contributed by atoms with Gasteiger partial charge in [-0.25, -0.2) is 9.50 Å². The molecule has 0 amide bonds. The van der Waals surface area contributed by atoms with Crippen molar-refractivity contribution in [3.63, 3.8) is 0 Å². The van der Waals surface area contributed by atoms with E-state index in [1.165, 1.54) is 0 Å². The average Bonchev–Trinajstić information content (AvgIpc) is 2.81. The Hall–Kier alpha value is -2.67. The van der Waals surface area contributed by atoms with E-state index in [4.69, 9.17) is 5.26 Å². The molecular formula is C14H10N4. The molecule has 0 aliphatic rings. The number of nitriles is 1. The molecule has 18 heavy (non-hydrogen) atoms. The standard InChI is InChI=1S/C14H10N4/c1-10-6-7-18-13(8-10)16-14(17-18)12-4-2-11(9-15)3-5-12/h2-8H,1H3. The van der Waals surface area contributed by atoms with Gasteiger partial charge < -0.3 is 0 Å². The molecule has 4 heteroatoms. The zero-order valence-electron chi connectivity index (χ0n) is 9.83. The first-order chi connectivity index (χ1) is 8.76. The van der Waals surface area contributed by atoms with Crippen molar-refractivity contribution in [1.82, 2.24) is 14.6 Å². The Morgan fingerprint density at radius 2 is 1.94 bits per heavy atom. The smallest absolute Gasteiger partial charge is 0.182 e. The molecule has 86 valence electrons. The summed E-state index contributed by atoms with van der Waals surface area (Å²) in [5.74, 6) is 0.671. The molecule has 0 saturated carbocycles. The van der Waals surface area contributed by atoms with Crippen LogP contribution in [-0.4, -0.2) is 14.6 Å². The molecule has 0 saturated heterocycles. The van der Waals surface area contributed by atoms with Crippen LogP contribution in [0.5, 0.6) is 0 Å². The van der Waals surface area contributed by atoms with E-state index < -0.39 is 0 Å². The molecule has 3 rings (SSSR count). The highest BCUT2D eigenvalue weighted by atomic mass is 15.3. The van der Waals surface area contributed by atoms with E-state index in [9.17, 15) is 0 Å². The molecule has 2 aromatic heterocycles. The summed E-state index contributed by atoms with van der Waals surface area (Å²) < 4.78 is 1.75. The quantitative estimate of drug-likeness (QED) is 0.650. The second-order valence-electron chi connectivity index (χ2n) is 4.13. The summed E-state index contributed by atoms with van der Waals surface area (Å²) in [7, 11) is 0. The van der Waals surface area contributed by atoms with Gasteiger partial charge in [0, 0.05) is 11.8 Å². The minimum absolute atomic E-state index is 0.637. The van der Waals surface area contributed by atoms with Crippen LogP contribution in [0.2, 0.25) is 0 Å². The lowest BCUT2D eigenvalue weighted by molar-refractivity contribution is 0.962. The van der Waals surface area contributed by atoms with E-state index in [1.54, 1.807) is 16.6 Å². The molecule has 0 N–H and O–H groups in total. The van der Waals surface area contributed by atoms with Crippen molar-refractivity contribution in [2.24, 2.45) is 0 Å². The number of aryl methyl sites for hydroxylation is 1. The number of hydrogen-bond acceptors (Lipinski definition) is 3. The maximum Gasteiger partial charge on any atom is 0.182 e. The maximum absolute atomic E-state index is 8.76. The largest absolute Gasteiger partial charge is 0.221 e. The third kappa shape index (κ3) is 1.72. The number of nitrogens with zero attached hydrogens (tertiary/aromatic N) is 4. The van der Waals surface area contributed by atoms with Crippen LogP contribution >= 0.6 is 0 Å². The van der Waals surface area contributed by atoms with Gasteiger partial charge in [0.15, 0.2) is 11.5 Å². The first-order valence-corrected chi connectivity index (χ1v) is 5.60. The van der Waals surface area contributed by atoms with Crippen LogP contribution in [0.15, 0.2) is 42.6 Å². The predicted molar refractivity (Wildman–Crippen MR) is 67.9 cm³/mol. The number of fused-ring (bicyclic) bond motifs is 1. The number of rotatable bonds is 1. The Morgan fingerprint density at radius 1 is 1.17 bits per heavy atom. The third-order valence-corrected chi connectivity index (χ3v) is 2.77. The van der Waals surface area contributed by atoms with E-state index in [0.717, 1.165) is 16.8 Å². The van der Waals surface area contributed by atoms with Crippen molar-refractivity contribution in [3.8, 4) is 17.5 Å². The maximum atomic E-state index is 8.76. The van der Waals surface area contributed by atoms with Crippen LogP contribution in [0.1, 0.15) is 11.1 Å². The van der Waals surface area contributed by atoms with Crippen LogP contribution in [0.3, 0.4) is 0 Å². The molecule has 0 bridgehead atoms. The van der Waals surface area contributed by atoms with Gasteiger partial charge in [0.25, 0.3) is 0 Å². The molecule has 0 spiro atoms. The van der Waals surface area contributed by atoms with Gasteiger partial charge >= 0.3 is 0 Å². The molecule has 1 aromatic carbocycles. The van der Waals surface area contributed by atoms with Crippen LogP contribution in [0, 0.1) is 18.3 Å². The predicted octanol–water partition coefficient (Wildman–Crippen LogP) is 2.58. The molecule has 3 aromatic rings. The highest BCUT2D eigenvalue weighted by Crippen LogP contribution is 2.17. The van der Waals surface area contributed by atoms with E-state index in [2.05, 4.69) is 16.2 Å². The van der Waals surface area contributed by atoms with Crippen LogP contribution < -0.4 is 0 Å². The first kappa shape index (κ1) is 10.5. The number of pyridine rings is 1. The summed E-state index contributed by atoms with van der Waals surface area (Å²) in [5.41, 5.74) is 3.53. The number of benzene rings is 1. The van der Waals surface area contributed by atoms with Crippen LogP contribution in [0.25, 0.3) is 17.0 Å². The Balaban J connectivity index is 2.10. The Labute approximate surface area is 104 Å². The summed E-state index contributed by atoms with van der Waals surface area (Å²) in [6.07, 6.45) is 1.89. The van der Waals surface area contributed by atoms with E-state index >= 15 is 0 Å².